The maximum atomic E-state index is 12.0. The van der Waals surface area contributed by atoms with E-state index >= 15 is 0 Å². The summed E-state index contributed by atoms with van der Waals surface area (Å²) in [7, 11) is 0. The van der Waals surface area contributed by atoms with Crippen LogP contribution in [-0.4, -0.2) is 50.2 Å². The highest BCUT2D eigenvalue weighted by Gasteiger charge is 2.27. The van der Waals surface area contributed by atoms with Gasteiger partial charge in [-0.2, -0.15) is 0 Å². The van der Waals surface area contributed by atoms with Crippen LogP contribution in [0.2, 0.25) is 0 Å². The average Bonchev–Trinajstić information content (AvgIpc) is 2.96. The van der Waals surface area contributed by atoms with E-state index in [9.17, 15) is 9.59 Å². The van der Waals surface area contributed by atoms with Gasteiger partial charge in [-0.3, -0.25) is 9.59 Å². The van der Waals surface area contributed by atoms with Gasteiger partial charge in [0.1, 0.15) is 6.04 Å². The van der Waals surface area contributed by atoms with Crippen LogP contribution in [0, 0.1) is 5.92 Å². The van der Waals surface area contributed by atoms with Crippen molar-refractivity contribution in [2.24, 2.45) is 5.92 Å². The van der Waals surface area contributed by atoms with Gasteiger partial charge < -0.3 is 20.7 Å². The molecule has 0 spiro atoms. The number of hydrogen-bond donors (Lipinski definition) is 3. The molecule has 22 heavy (non-hydrogen) atoms. The van der Waals surface area contributed by atoms with E-state index in [0.717, 1.165) is 0 Å². The predicted molar refractivity (Wildman–Crippen MR) is 87.0 cm³/mol. The normalized spacial score (nSPS) is 25.3. The second kappa shape index (κ2) is 10.0. The van der Waals surface area contributed by atoms with Crippen LogP contribution in [0.3, 0.4) is 0 Å². The fourth-order valence-electron chi connectivity index (χ4n) is 3.07. The van der Waals surface area contributed by atoms with Crippen LogP contribution in [0.5, 0.6) is 0 Å². The quantitative estimate of drug-likeness (QED) is 0.622. The third-order valence-corrected chi connectivity index (χ3v) is 4.29. The first-order valence-electron chi connectivity index (χ1n) is 8.06. The Bertz CT molecular complexity index is 362. The summed E-state index contributed by atoms with van der Waals surface area (Å²) in [5.41, 5.74) is 0. The molecule has 2 fully saturated rings. The van der Waals surface area contributed by atoms with Gasteiger partial charge in [0.2, 0.25) is 11.8 Å². The van der Waals surface area contributed by atoms with E-state index < -0.39 is 0 Å². The third kappa shape index (κ3) is 6.10. The molecule has 1 saturated heterocycles. The zero-order valence-electron chi connectivity index (χ0n) is 13.2. The number of carbonyl (C=O) groups excluding carboxylic acids is 2. The molecule has 0 aromatic heterocycles. The molecule has 6 nitrogen and oxygen atoms in total. The number of morpholine rings is 1. The average molecular weight is 334 g/mol. The highest BCUT2D eigenvalue weighted by Crippen LogP contribution is 2.27. The van der Waals surface area contributed by atoms with Gasteiger partial charge in [0.05, 0.1) is 12.7 Å². The van der Waals surface area contributed by atoms with Crippen molar-refractivity contribution in [3.63, 3.8) is 0 Å². The van der Waals surface area contributed by atoms with Crippen LogP contribution in [0.15, 0.2) is 0 Å². The Labute approximate surface area is 138 Å². The van der Waals surface area contributed by atoms with Crippen molar-refractivity contribution in [3.8, 4) is 0 Å². The van der Waals surface area contributed by atoms with Gasteiger partial charge >= 0.3 is 0 Å². The Morgan fingerprint density at radius 1 is 1.18 bits per heavy atom. The summed E-state index contributed by atoms with van der Waals surface area (Å²) in [5, 5.41) is 8.85. The summed E-state index contributed by atoms with van der Waals surface area (Å²) < 4.78 is 5.44. The predicted octanol–water partition coefficient (Wildman–Crippen LogP) is 0.598. The second-order valence-electron chi connectivity index (χ2n) is 6.00. The zero-order valence-corrected chi connectivity index (χ0v) is 14.0. The van der Waals surface area contributed by atoms with Crippen molar-refractivity contribution < 1.29 is 14.3 Å². The minimum absolute atomic E-state index is 0. The smallest absolute Gasteiger partial charge is 0.239 e. The van der Waals surface area contributed by atoms with Crippen LogP contribution in [0.25, 0.3) is 0 Å². The van der Waals surface area contributed by atoms with Crippen molar-refractivity contribution in [1.82, 2.24) is 16.0 Å². The lowest BCUT2D eigenvalue weighted by molar-refractivity contribution is -0.129. The molecule has 1 aliphatic carbocycles. The van der Waals surface area contributed by atoms with Crippen molar-refractivity contribution >= 4 is 24.2 Å². The monoisotopic (exact) mass is 333 g/mol. The molecular formula is C15H28ClN3O3. The molecular weight excluding hydrogens is 306 g/mol. The minimum Gasteiger partial charge on any atom is -0.375 e. The Morgan fingerprint density at radius 3 is 2.55 bits per heavy atom. The molecule has 0 bridgehead atoms. The molecule has 0 aromatic rings. The summed E-state index contributed by atoms with van der Waals surface area (Å²) in [6, 6.07) is -0.298. The maximum Gasteiger partial charge on any atom is 0.239 e. The molecule has 7 heteroatoms. The van der Waals surface area contributed by atoms with Crippen LogP contribution >= 0.6 is 12.4 Å². The highest BCUT2D eigenvalue weighted by molar-refractivity contribution is 5.85. The Morgan fingerprint density at radius 2 is 1.86 bits per heavy atom. The molecule has 128 valence electrons. The van der Waals surface area contributed by atoms with Crippen molar-refractivity contribution in [2.45, 2.75) is 51.2 Å². The number of hydrogen-bond acceptors (Lipinski definition) is 4. The van der Waals surface area contributed by atoms with Crippen LogP contribution in [0.1, 0.15) is 39.0 Å². The van der Waals surface area contributed by atoms with E-state index in [2.05, 4.69) is 16.0 Å². The summed E-state index contributed by atoms with van der Waals surface area (Å²) in [4.78, 5) is 23.7. The molecule has 1 aliphatic heterocycles. The Hall–Kier alpha value is -0.850. The number of rotatable bonds is 6. The Kier molecular flexibility index (Phi) is 8.75. The van der Waals surface area contributed by atoms with Crippen LogP contribution in [-0.2, 0) is 14.3 Å². The molecule has 2 atom stereocenters. The molecule has 1 heterocycles. The SMILES string of the molecule is C[C@H]1OCCN[C@@H]1C(=O)NCCNC(=O)CC1CCCC1.Cl. The lowest BCUT2D eigenvalue weighted by Gasteiger charge is -2.29. The highest BCUT2D eigenvalue weighted by atomic mass is 35.5. The largest absolute Gasteiger partial charge is 0.375 e. The summed E-state index contributed by atoms with van der Waals surface area (Å²) in [5.74, 6) is 0.597. The lowest BCUT2D eigenvalue weighted by atomic mass is 10.0. The molecule has 0 aromatic carbocycles. The fourth-order valence-corrected chi connectivity index (χ4v) is 3.07. The first kappa shape index (κ1) is 19.2. The summed E-state index contributed by atoms with van der Waals surface area (Å²) >= 11 is 0. The maximum absolute atomic E-state index is 12.0. The van der Waals surface area contributed by atoms with E-state index in [4.69, 9.17) is 4.74 Å². The molecule has 0 unspecified atom stereocenters. The second-order valence-corrected chi connectivity index (χ2v) is 6.00. The van der Waals surface area contributed by atoms with Crippen LogP contribution < -0.4 is 16.0 Å². The van der Waals surface area contributed by atoms with E-state index in [1.807, 2.05) is 6.92 Å². The molecule has 0 radical (unpaired) electrons. The van der Waals surface area contributed by atoms with Gasteiger partial charge in [-0.25, -0.2) is 0 Å². The number of halogens is 1. The standard InChI is InChI=1S/C15H27N3O3.ClH/c1-11-14(17-8-9-21-11)15(20)18-7-6-16-13(19)10-12-4-2-3-5-12;/h11-12,14,17H,2-10H2,1H3,(H,16,19)(H,18,20);1H/t11-,14+;/m1./s1. The first-order valence-corrected chi connectivity index (χ1v) is 8.06. The fraction of sp³-hybridized carbons (Fsp3) is 0.867. The van der Waals surface area contributed by atoms with Gasteiger partial charge in [0.25, 0.3) is 0 Å². The van der Waals surface area contributed by atoms with Gasteiger partial charge in [0.15, 0.2) is 0 Å². The summed E-state index contributed by atoms with van der Waals surface area (Å²) in [6.07, 6.45) is 5.37. The van der Waals surface area contributed by atoms with Gasteiger partial charge in [-0.1, -0.05) is 12.8 Å². The first-order chi connectivity index (χ1) is 10.2. The van der Waals surface area contributed by atoms with Crippen molar-refractivity contribution in [3.05, 3.63) is 0 Å². The number of amides is 2. The lowest BCUT2D eigenvalue weighted by Crippen LogP contribution is -2.56. The topological polar surface area (TPSA) is 79.5 Å². The van der Waals surface area contributed by atoms with Crippen molar-refractivity contribution in [1.29, 1.82) is 0 Å². The van der Waals surface area contributed by atoms with Gasteiger partial charge in [0, 0.05) is 26.1 Å². The molecule has 2 rings (SSSR count). The van der Waals surface area contributed by atoms with E-state index in [1.54, 1.807) is 0 Å². The third-order valence-electron chi connectivity index (χ3n) is 4.29. The number of carbonyl (C=O) groups is 2. The van der Waals surface area contributed by atoms with E-state index in [0.29, 0.717) is 38.6 Å². The molecule has 3 N–H and O–H groups in total. The minimum atomic E-state index is -0.298. The van der Waals surface area contributed by atoms with Crippen molar-refractivity contribution in [2.75, 3.05) is 26.2 Å². The van der Waals surface area contributed by atoms with Crippen LogP contribution in [0.4, 0.5) is 0 Å². The molecule has 2 aliphatic rings. The van der Waals surface area contributed by atoms with Gasteiger partial charge in [-0.15, -0.1) is 12.4 Å². The number of nitrogens with one attached hydrogen (secondary N) is 3. The van der Waals surface area contributed by atoms with E-state index in [1.165, 1.54) is 25.7 Å². The number of ether oxygens (including phenoxy) is 1. The Balaban J connectivity index is 0.00000242. The zero-order chi connectivity index (χ0) is 15.1. The van der Waals surface area contributed by atoms with E-state index in [-0.39, 0.29) is 36.4 Å². The summed E-state index contributed by atoms with van der Waals surface area (Å²) in [6.45, 7) is 4.17. The molecule has 2 amide bonds. The molecule has 1 saturated carbocycles. The van der Waals surface area contributed by atoms with Gasteiger partial charge in [-0.05, 0) is 25.7 Å².